The minimum atomic E-state index is 0.405. The van der Waals surface area contributed by atoms with Crippen LogP contribution in [0, 0.1) is 0 Å². The average Bonchev–Trinajstić information content (AvgIpc) is 2.67. The number of benzene rings is 2. The van der Waals surface area contributed by atoms with Crippen LogP contribution in [-0.4, -0.2) is 13.7 Å². The number of hydrogen-bond donors (Lipinski definition) is 1. The van der Waals surface area contributed by atoms with E-state index in [1.54, 1.807) is 7.11 Å². The zero-order chi connectivity index (χ0) is 19.5. The summed E-state index contributed by atoms with van der Waals surface area (Å²) in [5.74, 6) is 1.31. The molecule has 1 N–H and O–H groups in total. The van der Waals surface area contributed by atoms with Crippen LogP contribution < -0.4 is 14.8 Å². The Bertz CT molecular complexity index is 707. The fourth-order valence-corrected chi connectivity index (χ4v) is 3.28. The highest BCUT2D eigenvalue weighted by Crippen LogP contribution is 2.34. The molecule has 0 aliphatic carbocycles. The molecule has 0 aliphatic rings. The van der Waals surface area contributed by atoms with E-state index in [0.29, 0.717) is 28.2 Å². The molecule has 0 spiro atoms. The Morgan fingerprint density at radius 1 is 0.963 bits per heavy atom. The predicted molar refractivity (Wildman–Crippen MR) is 114 cm³/mol. The molecule has 0 saturated carbocycles. The summed E-state index contributed by atoms with van der Waals surface area (Å²) in [7, 11) is 1.64. The lowest BCUT2D eigenvalue weighted by molar-refractivity contribution is 0.284. The molecule has 3 nitrogen and oxygen atoms in total. The molecule has 0 amide bonds. The molecule has 0 unspecified atom stereocenters. The smallest absolute Gasteiger partial charge is 0.163 e. The van der Waals surface area contributed by atoms with Gasteiger partial charge in [0.2, 0.25) is 0 Å². The van der Waals surface area contributed by atoms with E-state index in [9.17, 15) is 0 Å². The fraction of sp³-hybridized carbons (Fsp3) is 0.455. The van der Waals surface area contributed by atoms with Gasteiger partial charge in [0.1, 0.15) is 6.61 Å². The zero-order valence-corrected chi connectivity index (χ0v) is 17.7. The molecule has 0 atom stereocenters. The number of unbranched alkanes of at least 4 members (excludes halogenated alkanes) is 4. The van der Waals surface area contributed by atoms with E-state index in [-0.39, 0.29) is 0 Å². The summed E-state index contributed by atoms with van der Waals surface area (Å²) >= 11 is 12.5. The lowest BCUT2D eigenvalue weighted by atomic mass is 10.1. The van der Waals surface area contributed by atoms with Crippen LogP contribution in [0.15, 0.2) is 36.4 Å². The standard InChI is InChI=1S/C22H29Cl2NO2/c1-3-4-5-6-7-11-25-15-18-13-21(26-2)22(14-20(18)24)27-16-17-9-8-10-19(23)12-17/h8-10,12-14,25H,3-7,11,15-16H2,1-2H3. The number of rotatable bonds is 12. The van der Waals surface area contributed by atoms with Crippen LogP contribution in [0.25, 0.3) is 0 Å². The fourth-order valence-electron chi connectivity index (χ4n) is 2.85. The van der Waals surface area contributed by atoms with Gasteiger partial charge in [-0.1, -0.05) is 67.9 Å². The van der Waals surface area contributed by atoms with Gasteiger partial charge in [-0.05, 0) is 42.3 Å². The van der Waals surface area contributed by atoms with Crippen molar-refractivity contribution in [1.82, 2.24) is 5.32 Å². The first-order valence-corrected chi connectivity index (χ1v) is 10.3. The van der Waals surface area contributed by atoms with Crippen molar-refractivity contribution in [3.63, 3.8) is 0 Å². The predicted octanol–water partition coefficient (Wildman–Crippen LogP) is 6.64. The van der Waals surface area contributed by atoms with E-state index in [0.717, 1.165) is 24.2 Å². The molecule has 0 bridgehead atoms. The molecule has 27 heavy (non-hydrogen) atoms. The van der Waals surface area contributed by atoms with Crippen molar-refractivity contribution < 1.29 is 9.47 Å². The van der Waals surface area contributed by atoms with E-state index in [1.165, 1.54) is 32.1 Å². The quantitative estimate of drug-likeness (QED) is 0.398. The number of halogens is 2. The second-order valence-electron chi connectivity index (χ2n) is 6.60. The Morgan fingerprint density at radius 2 is 1.78 bits per heavy atom. The molecule has 148 valence electrons. The van der Waals surface area contributed by atoms with Crippen LogP contribution in [-0.2, 0) is 13.2 Å². The van der Waals surface area contributed by atoms with Gasteiger partial charge in [0.25, 0.3) is 0 Å². The van der Waals surface area contributed by atoms with Crippen molar-refractivity contribution in [2.45, 2.75) is 52.2 Å². The Kier molecular flexibility index (Phi) is 9.82. The van der Waals surface area contributed by atoms with Crippen molar-refractivity contribution in [3.05, 3.63) is 57.6 Å². The molecule has 0 saturated heterocycles. The molecule has 0 aromatic heterocycles. The van der Waals surface area contributed by atoms with Crippen LogP contribution in [0.5, 0.6) is 11.5 Å². The molecule has 2 aromatic carbocycles. The zero-order valence-electron chi connectivity index (χ0n) is 16.2. The van der Waals surface area contributed by atoms with Crippen LogP contribution >= 0.6 is 23.2 Å². The monoisotopic (exact) mass is 409 g/mol. The molecule has 2 rings (SSSR count). The average molecular weight is 410 g/mol. The van der Waals surface area contributed by atoms with E-state index in [1.807, 2.05) is 36.4 Å². The Labute approximate surface area is 173 Å². The van der Waals surface area contributed by atoms with Gasteiger partial charge in [-0.25, -0.2) is 0 Å². The lowest BCUT2D eigenvalue weighted by Crippen LogP contribution is -2.15. The maximum Gasteiger partial charge on any atom is 0.163 e. The number of nitrogens with one attached hydrogen (secondary N) is 1. The Hall–Kier alpha value is -1.42. The lowest BCUT2D eigenvalue weighted by Gasteiger charge is -2.14. The minimum absolute atomic E-state index is 0.405. The van der Waals surface area contributed by atoms with E-state index in [4.69, 9.17) is 32.7 Å². The van der Waals surface area contributed by atoms with Gasteiger partial charge in [0, 0.05) is 22.7 Å². The van der Waals surface area contributed by atoms with Gasteiger partial charge in [0.15, 0.2) is 11.5 Å². The van der Waals surface area contributed by atoms with Gasteiger partial charge in [-0.3, -0.25) is 0 Å². The Balaban J connectivity index is 1.89. The third-order valence-electron chi connectivity index (χ3n) is 4.39. The second-order valence-corrected chi connectivity index (χ2v) is 7.45. The summed E-state index contributed by atoms with van der Waals surface area (Å²) in [4.78, 5) is 0. The van der Waals surface area contributed by atoms with Crippen LogP contribution in [0.2, 0.25) is 10.0 Å². The first-order chi connectivity index (χ1) is 13.1. The maximum atomic E-state index is 6.45. The highest BCUT2D eigenvalue weighted by Gasteiger charge is 2.11. The number of ether oxygens (including phenoxy) is 2. The molecule has 2 aromatic rings. The van der Waals surface area contributed by atoms with Crippen LogP contribution in [0.4, 0.5) is 0 Å². The summed E-state index contributed by atoms with van der Waals surface area (Å²) in [5, 5.41) is 4.83. The molecular weight excluding hydrogens is 381 g/mol. The minimum Gasteiger partial charge on any atom is -0.493 e. The first-order valence-electron chi connectivity index (χ1n) is 9.58. The van der Waals surface area contributed by atoms with Gasteiger partial charge in [-0.15, -0.1) is 0 Å². The van der Waals surface area contributed by atoms with E-state index >= 15 is 0 Å². The maximum absolute atomic E-state index is 6.45. The van der Waals surface area contributed by atoms with Gasteiger partial charge < -0.3 is 14.8 Å². The van der Waals surface area contributed by atoms with Gasteiger partial charge >= 0.3 is 0 Å². The molecule has 0 heterocycles. The molecule has 5 heteroatoms. The van der Waals surface area contributed by atoms with Crippen molar-refractivity contribution in [2.24, 2.45) is 0 Å². The van der Waals surface area contributed by atoms with Crippen LogP contribution in [0.3, 0.4) is 0 Å². The Morgan fingerprint density at radius 3 is 2.52 bits per heavy atom. The van der Waals surface area contributed by atoms with Gasteiger partial charge in [-0.2, -0.15) is 0 Å². The third kappa shape index (κ3) is 7.61. The topological polar surface area (TPSA) is 30.5 Å². The SMILES string of the molecule is CCCCCCCNCc1cc(OC)c(OCc2cccc(Cl)c2)cc1Cl. The van der Waals surface area contributed by atoms with Gasteiger partial charge in [0.05, 0.1) is 7.11 Å². The highest BCUT2D eigenvalue weighted by molar-refractivity contribution is 6.31. The van der Waals surface area contributed by atoms with E-state index < -0.39 is 0 Å². The molecular formula is C22H29Cl2NO2. The molecule has 0 aliphatic heterocycles. The summed E-state index contributed by atoms with van der Waals surface area (Å²) in [6, 6.07) is 11.4. The summed E-state index contributed by atoms with van der Waals surface area (Å²) in [6.07, 6.45) is 6.36. The first kappa shape index (κ1) is 21.9. The highest BCUT2D eigenvalue weighted by atomic mass is 35.5. The van der Waals surface area contributed by atoms with Crippen LogP contribution in [0.1, 0.15) is 50.2 Å². The molecule has 0 fully saturated rings. The number of hydrogen-bond acceptors (Lipinski definition) is 3. The summed E-state index contributed by atoms with van der Waals surface area (Å²) in [6.45, 7) is 4.35. The van der Waals surface area contributed by atoms with Crippen molar-refractivity contribution in [2.75, 3.05) is 13.7 Å². The van der Waals surface area contributed by atoms with Crippen molar-refractivity contribution in [3.8, 4) is 11.5 Å². The number of methoxy groups -OCH3 is 1. The van der Waals surface area contributed by atoms with Crippen molar-refractivity contribution >= 4 is 23.2 Å². The second kappa shape index (κ2) is 12.1. The summed E-state index contributed by atoms with van der Waals surface area (Å²) < 4.78 is 11.4. The molecule has 0 radical (unpaired) electrons. The summed E-state index contributed by atoms with van der Waals surface area (Å²) in [5.41, 5.74) is 2.01. The normalized spacial score (nSPS) is 10.8. The largest absolute Gasteiger partial charge is 0.493 e. The third-order valence-corrected chi connectivity index (χ3v) is 4.98. The van der Waals surface area contributed by atoms with E-state index in [2.05, 4.69) is 12.2 Å². The van der Waals surface area contributed by atoms with Crippen molar-refractivity contribution in [1.29, 1.82) is 0 Å².